The number of fused-ring (bicyclic) bond motifs is 13. The van der Waals surface area contributed by atoms with E-state index in [1.54, 1.807) is 44.6 Å². The molecule has 4 heteroatoms. The lowest BCUT2D eigenvalue weighted by molar-refractivity contribution is 0.217. The third-order valence-electron chi connectivity index (χ3n) is 22.4. The average Bonchev–Trinajstić information content (AvgIpc) is 3.76. The lowest BCUT2D eigenvalue weighted by Crippen LogP contribution is -2.47. The molecule has 4 aromatic rings. The van der Waals surface area contributed by atoms with E-state index in [4.69, 9.17) is 0 Å². The maximum absolute atomic E-state index is 12.0. The highest BCUT2D eigenvalue weighted by molar-refractivity contribution is 6.13. The summed E-state index contributed by atoms with van der Waals surface area (Å²) in [6.45, 7) is 15.0. The standard InChI is InChI=1S/C74H74N4/c1-72(2)56-27-15-12-24-49(56)54-40-44(32-35-59(54)72)60-38-39-63(76(60)46-20-8-7-9-21-46)55-41-45(43-75)66(77-61-30-18-13-25-52(61)68-64(77)36-33-50-47-22-10-16-28-57(47)73(3,4)70(50)68)42-67(55)78-62-31-19-14-26-53(62)69-65(78)37-34-51-48-23-11-17-29-58(48)74(5,6)71(51)69/h7-10,12,14-15,17-22,24,26,29-32,34-35,37-39,54-56,60,63-64,67-68H,11,13,16,23,25,27-28,33,36,40-42H2,1-6H3. The van der Waals surface area contributed by atoms with Gasteiger partial charge in [-0.05, 0) is 162 Å². The SMILES string of the molecule is CC1(C)C2=C(C=CCC2)C2=C1C1C3=C(C=CCC3)N(C3=C(C#N)CC(C4C=CC(C5=CC=C6C(C5)C5=CC=CCC5C6(C)C)N4c4ccccc4)C(n4c5ccccc5c5c6c(ccc54)C4=C(C=CCC4)C6(C)C)C3)C1CC2. The quantitative estimate of drug-likeness (QED) is 0.187. The van der Waals surface area contributed by atoms with Crippen LogP contribution in [0.2, 0.25) is 0 Å². The van der Waals surface area contributed by atoms with Crippen LogP contribution in [-0.2, 0) is 5.41 Å². The molecule has 1 fully saturated rings. The van der Waals surface area contributed by atoms with Gasteiger partial charge in [0.2, 0.25) is 0 Å². The van der Waals surface area contributed by atoms with E-state index < -0.39 is 0 Å². The van der Waals surface area contributed by atoms with Gasteiger partial charge < -0.3 is 14.4 Å². The highest BCUT2D eigenvalue weighted by Gasteiger charge is 2.56. The van der Waals surface area contributed by atoms with Gasteiger partial charge in [-0.2, -0.15) is 5.26 Å². The van der Waals surface area contributed by atoms with E-state index in [9.17, 15) is 5.26 Å². The van der Waals surface area contributed by atoms with Crippen LogP contribution in [-0.4, -0.2) is 27.6 Å². The van der Waals surface area contributed by atoms with Crippen LogP contribution in [0.1, 0.15) is 136 Å². The van der Waals surface area contributed by atoms with Crippen LogP contribution in [0, 0.1) is 45.8 Å². The van der Waals surface area contributed by atoms with Crippen molar-refractivity contribution in [2.24, 2.45) is 34.5 Å². The first-order valence-corrected chi connectivity index (χ1v) is 30.2. The normalized spacial score (nSPS) is 31.3. The summed E-state index contributed by atoms with van der Waals surface area (Å²) in [5.41, 5.74) is 26.6. The van der Waals surface area contributed by atoms with Crippen molar-refractivity contribution in [3.8, 4) is 6.07 Å². The number of para-hydroxylation sites is 2. The summed E-state index contributed by atoms with van der Waals surface area (Å²) in [6.07, 6.45) is 44.6. The molecule has 1 aromatic heterocycles. The average molecular weight is 1020 g/mol. The lowest BCUT2D eigenvalue weighted by Gasteiger charge is -2.47. The Morgan fingerprint density at radius 1 is 0.692 bits per heavy atom. The van der Waals surface area contributed by atoms with E-state index in [1.165, 1.54) is 67.6 Å². The molecule has 0 saturated heterocycles. The lowest BCUT2D eigenvalue weighted by atomic mass is 9.66. The topological polar surface area (TPSA) is 35.2 Å². The first-order valence-electron chi connectivity index (χ1n) is 30.2. The fraction of sp³-hybridized carbons (Fsp3) is 0.392. The molecule has 78 heavy (non-hydrogen) atoms. The zero-order valence-electron chi connectivity index (χ0n) is 46.7. The molecule has 1 saturated carbocycles. The molecule has 0 N–H and O–H groups in total. The van der Waals surface area contributed by atoms with E-state index in [1.807, 2.05) is 0 Å². The van der Waals surface area contributed by atoms with Gasteiger partial charge in [0.25, 0.3) is 0 Å². The minimum absolute atomic E-state index is 0.0268. The summed E-state index contributed by atoms with van der Waals surface area (Å²) < 4.78 is 2.83. The van der Waals surface area contributed by atoms with Gasteiger partial charge in [-0.25, -0.2) is 0 Å². The molecule has 0 spiro atoms. The van der Waals surface area contributed by atoms with Crippen molar-refractivity contribution in [1.29, 1.82) is 5.26 Å². The molecular formula is C74H74N4. The molecule has 390 valence electrons. The third kappa shape index (κ3) is 6.28. The smallest absolute Gasteiger partial charge is 0.0965 e. The predicted molar refractivity (Wildman–Crippen MR) is 321 cm³/mol. The Morgan fingerprint density at radius 2 is 1.50 bits per heavy atom. The molecule has 4 nitrogen and oxygen atoms in total. The maximum Gasteiger partial charge on any atom is 0.0965 e. The minimum atomic E-state index is -0.125. The molecule has 0 bridgehead atoms. The van der Waals surface area contributed by atoms with Crippen LogP contribution < -0.4 is 4.90 Å². The summed E-state index contributed by atoms with van der Waals surface area (Å²) in [7, 11) is 0. The van der Waals surface area contributed by atoms with Crippen LogP contribution in [0.25, 0.3) is 27.4 Å². The Morgan fingerprint density at radius 3 is 2.37 bits per heavy atom. The summed E-state index contributed by atoms with van der Waals surface area (Å²) in [6, 6.07) is 29.3. The van der Waals surface area contributed by atoms with Gasteiger partial charge in [-0.15, -0.1) is 0 Å². The Bertz CT molecular complexity index is 3840. The molecule has 12 aliphatic rings. The van der Waals surface area contributed by atoms with Gasteiger partial charge in [0.1, 0.15) is 0 Å². The number of hydrogen-bond acceptors (Lipinski definition) is 3. The molecule has 16 rings (SSSR count). The summed E-state index contributed by atoms with van der Waals surface area (Å²) in [4.78, 5) is 5.61. The van der Waals surface area contributed by atoms with E-state index in [0.29, 0.717) is 30.2 Å². The second-order valence-electron chi connectivity index (χ2n) is 26.8. The van der Waals surface area contributed by atoms with Crippen LogP contribution in [0.4, 0.5) is 5.69 Å². The zero-order valence-corrected chi connectivity index (χ0v) is 46.7. The molecule has 3 heterocycles. The van der Waals surface area contributed by atoms with Gasteiger partial charge in [0, 0.05) is 91.5 Å². The molecule has 10 aliphatic carbocycles. The molecular weight excluding hydrogens is 945 g/mol. The van der Waals surface area contributed by atoms with Crippen LogP contribution in [0.3, 0.4) is 0 Å². The third-order valence-corrected chi connectivity index (χ3v) is 22.4. The number of rotatable bonds is 5. The maximum atomic E-state index is 12.0. The molecule has 0 radical (unpaired) electrons. The van der Waals surface area contributed by atoms with Gasteiger partial charge >= 0.3 is 0 Å². The fourth-order valence-electron chi connectivity index (χ4n) is 19.2. The van der Waals surface area contributed by atoms with Crippen molar-refractivity contribution in [2.75, 3.05) is 4.90 Å². The number of nitrogens with zero attached hydrogens (tertiary/aromatic N) is 4. The van der Waals surface area contributed by atoms with Gasteiger partial charge in [0.15, 0.2) is 0 Å². The van der Waals surface area contributed by atoms with Gasteiger partial charge in [0.05, 0.1) is 18.2 Å². The number of anilines is 1. The second-order valence-corrected chi connectivity index (χ2v) is 26.8. The molecule has 8 atom stereocenters. The monoisotopic (exact) mass is 1020 g/mol. The number of benzene rings is 3. The van der Waals surface area contributed by atoms with Crippen molar-refractivity contribution >= 4 is 33.1 Å². The number of nitriles is 1. The van der Waals surface area contributed by atoms with E-state index >= 15 is 0 Å². The Labute approximate surface area is 463 Å². The molecule has 8 unspecified atom stereocenters. The predicted octanol–water partition coefficient (Wildman–Crippen LogP) is 17.8. The van der Waals surface area contributed by atoms with Gasteiger partial charge in [-0.1, -0.05) is 174 Å². The summed E-state index contributed by atoms with van der Waals surface area (Å²) in [5, 5.41) is 14.8. The van der Waals surface area contributed by atoms with Crippen molar-refractivity contribution in [3.05, 3.63) is 224 Å². The summed E-state index contributed by atoms with van der Waals surface area (Å²) >= 11 is 0. The van der Waals surface area contributed by atoms with Crippen molar-refractivity contribution in [3.63, 3.8) is 0 Å². The van der Waals surface area contributed by atoms with Crippen molar-refractivity contribution in [2.45, 2.75) is 148 Å². The van der Waals surface area contributed by atoms with E-state index in [2.05, 4.69) is 208 Å². The largest absolute Gasteiger partial charge is 0.355 e. The Kier molecular flexibility index (Phi) is 10.2. The molecule has 3 aromatic carbocycles. The fourth-order valence-corrected chi connectivity index (χ4v) is 19.2. The minimum Gasteiger partial charge on any atom is -0.355 e. The van der Waals surface area contributed by atoms with Crippen molar-refractivity contribution < 1.29 is 0 Å². The Balaban J connectivity index is 0.877. The van der Waals surface area contributed by atoms with Crippen LogP contribution in [0.15, 0.2) is 213 Å². The Hall–Kier alpha value is -6.83. The summed E-state index contributed by atoms with van der Waals surface area (Å²) in [5.74, 6) is 1.46. The number of allylic oxidation sites excluding steroid dienone is 20. The highest BCUT2D eigenvalue weighted by Crippen LogP contribution is 2.64. The van der Waals surface area contributed by atoms with Crippen molar-refractivity contribution in [1.82, 2.24) is 9.47 Å². The van der Waals surface area contributed by atoms with E-state index in [-0.39, 0.29) is 40.3 Å². The first kappa shape index (κ1) is 47.2. The van der Waals surface area contributed by atoms with Crippen LogP contribution in [0.5, 0.6) is 0 Å². The zero-order chi connectivity index (χ0) is 52.6. The highest BCUT2D eigenvalue weighted by atomic mass is 15.2. The van der Waals surface area contributed by atoms with Gasteiger partial charge in [-0.3, -0.25) is 0 Å². The number of hydrogen-bond donors (Lipinski definition) is 0. The second kappa shape index (κ2) is 16.8. The number of aromatic nitrogens is 1. The molecule has 0 amide bonds. The first-order chi connectivity index (χ1) is 38.0. The molecule has 2 aliphatic heterocycles. The van der Waals surface area contributed by atoms with Crippen LogP contribution >= 0.6 is 0 Å². The van der Waals surface area contributed by atoms with E-state index in [0.717, 1.165) is 69.8 Å².